The third kappa shape index (κ3) is 7.62. The van der Waals surface area contributed by atoms with E-state index in [1.54, 1.807) is 29.3 Å². The number of hydrogen-bond acceptors (Lipinski definition) is 8. The largest absolute Gasteiger partial charge is 0.475 e. The van der Waals surface area contributed by atoms with Crippen LogP contribution < -0.4 is 14.4 Å². The van der Waals surface area contributed by atoms with Gasteiger partial charge >= 0.3 is 0 Å². The molecule has 2 aliphatic rings. The smallest absolute Gasteiger partial charge is 0.264 e. The number of aromatic nitrogens is 3. The zero-order valence-corrected chi connectivity index (χ0v) is 29.2. The van der Waals surface area contributed by atoms with Crippen molar-refractivity contribution in [1.82, 2.24) is 19.9 Å². The summed E-state index contributed by atoms with van der Waals surface area (Å²) in [4.78, 5) is 32.4. The van der Waals surface area contributed by atoms with Gasteiger partial charge in [-0.05, 0) is 86.4 Å². The number of amides is 1. The minimum atomic E-state index is -4.16. The highest BCUT2D eigenvalue weighted by molar-refractivity contribution is 7.92. The molecule has 0 spiro atoms. The highest BCUT2D eigenvalue weighted by Gasteiger charge is 2.32. The Bertz CT molecular complexity index is 1900. The number of fused-ring (bicyclic) bond motifs is 4. The van der Waals surface area contributed by atoms with Crippen molar-refractivity contribution in [2.45, 2.75) is 77.8 Å². The van der Waals surface area contributed by atoms with E-state index in [0.29, 0.717) is 12.1 Å². The molecule has 4 aromatic rings. The summed E-state index contributed by atoms with van der Waals surface area (Å²) in [6, 6.07) is 17.5. The molecule has 2 aromatic carbocycles. The van der Waals surface area contributed by atoms with Gasteiger partial charge in [-0.25, -0.2) is 18.1 Å². The van der Waals surface area contributed by atoms with Crippen LogP contribution in [-0.2, 0) is 16.6 Å². The zero-order valence-electron chi connectivity index (χ0n) is 28.4. The summed E-state index contributed by atoms with van der Waals surface area (Å²) in [5.41, 5.74) is 5.31. The number of aryl methyl sites for hydroxylation is 2. The van der Waals surface area contributed by atoms with E-state index in [0.717, 1.165) is 54.0 Å². The van der Waals surface area contributed by atoms with E-state index in [4.69, 9.17) is 4.74 Å². The van der Waals surface area contributed by atoms with Crippen LogP contribution in [0.25, 0.3) is 11.3 Å². The molecule has 4 heterocycles. The van der Waals surface area contributed by atoms with E-state index in [1.807, 2.05) is 38.1 Å². The molecule has 1 atom stereocenters. The van der Waals surface area contributed by atoms with Crippen LogP contribution in [0, 0.1) is 19.3 Å². The number of sulfonamides is 1. The van der Waals surface area contributed by atoms with Gasteiger partial charge in [0.05, 0.1) is 28.9 Å². The number of pyridine rings is 1. The standard InChI is InChI=1S/C37H44N6O4S/c1-25-11-9-12-26(2)34(25)32-21-33-40-36(39-32)41-48(45,46)31-14-10-13-27(19-31)35(44)43(30(24-47-33)22-37(3,4)5)23-28-20-29(15-16-38-28)42-17-7-6-8-18-42/h9-16,19-21,30H,6-8,17-18,22-24H2,1-5H3,(H,39,40,41)/t30-/m1/s1. The van der Waals surface area contributed by atoms with Crippen LogP contribution in [0.5, 0.6) is 5.88 Å². The van der Waals surface area contributed by atoms with Crippen LogP contribution >= 0.6 is 0 Å². The summed E-state index contributed by atoms with van der Waals surface area (Å²) in [6.07, 6.45) is 5.95. The average Bonchev–Trinajstić information content (AvgIpc) is 3.05. The Morgan fingerprint density at radius 3 is 2.40 bits per heavy atom. The third-order valence-electron chi connectivity index (χ3n) is 8.88. The molecule has 0 aliphatic carbocycles. The topological polar surface area (TPSA) is 118 Å². The van der Waals surface area contributed by atoms with Gasteiger partial charge in [0.25, 0.3) is 15.9 Å². The third-order valence-corrected chi connectivity index (χ3v) is 10.2. The Morgan fingerprint density at radius 2 is 1.67 bits per heavy atom. The van der Waals surface area contributed by atoms with E-state index in [1.165, 1.54) is 18.6 Å². The first-order chi connectivity index (χ1) is 22.9. The maximum atomic E-state index is 14.5. The minimum absolute atomic E-state index is 0.0614. The molecule has 4 bridgehead atoms. The van der Waals surface area contributed by atoms with Crippen LogP contribution in [0.3, 0.4) is 0 Å². The van der Waals surface area contributed by atoms with Crippen molar-refractivity contribution in [2.24, 2.45) is 5.41 Å². The van der Waals surface area contributed by atoms with Crippen LogP contribution in [0.2, 0.25) is 0 Å². The van der Waals surface area contributed by atoms with Gasteiger partial charge in [0.2, 0.25) is 11.8 Å². The average molecular weight is 669 g/mol. The summed E-state index contributed by atoms with van der Waals surface area (Å²) in [6.45, 7) is 12.7. The van der Waals surface area contributed by atoms with E-state index in [2.05, 4.69) is 51.4 Å². The number of ether oxygens (including phenoxy) is 1. The molecule has 10 nitrogen and oxygen atoms in total. The van der Waals surface area contributed by atoms with Gasteiger partial charge in [0, 0.05) is 42.2 Å². The predicted molar refractivity (Wildman–Crippen MR) is 188 cm³/mol. The first-order valence-corrected chi connectivity index (χ1v) is 18.1. The van der Waals surface area contributed by atoms with Gasteiger partial charge < -0.3 is 14.5 Å². The lowest BCUT2D eigenvalue weighted by molar-refractivity contribution is 0.0509. The lowest BCUT2D eigenvalue weighted by atomic mass is 9.87. The lowest BCUT2D eigenvalue weighted by Crippen LogP contribution is -2.45. The molecule has 1 saturated heterocycles. The molecule has 0 unspecified atom stereocenters. The van der Waals surface area contributed by atoms with Crippen LogP contribution in [0.1, 0.15) is 73.6 Å². The molecule has 2 aromatic heterocycles. The summed E-state index contributed by atoms with van der Waals surface area (Å²) < 4.78 is 36.4. The molecule has 1 N–H and O–H groups in total. The number of rotatable bonds is 5. The first kappa shape index (κ1) is 33.4. The van der Waals surface area contributed by atoms with Crippen LogP contribution in [-0.4, -0.2) is 59.9 Å². The van der Waals surface area contributed by atoms with Crippen LogP contribution in [0.15, 0.2) is 71.8 Å². The molecule has 2 aliphatic heterocycles. The van der Waals surface area contributed by atoms with Gasteiger partial charge in [-0.1, -0.05) is 45.0 Å². The van der Waals surface area contributed by atoms with Crippen molar-refractivity contribution in [3.05, 3.63) is 89.2 Å². The molecule has 0 saturated carbocycles. The fourth-order valence-electron chi connectivity index (χ4n) is 6.62. The number of piperidine rings is 1. The number of carbonyl (C=O) groups excluding carboxylic acids is 1. The maximum Gasteiger partial charge on any atom is 0.264 e. The highest BCUT2D eigenvalue weighted by atomic mass is 32.2. The van der Waals surface area contributed by atoms with Gasteiger partial charge in [0.1, 0.15) is 6.61 Å². The van der Waals surface area contributed by atoms with Gasteiger partial charge in [0.15, 0.2) is 0 Å². The van der Waals surface area contributed by atoms with E-state index in [9.17, 15) is 13.2 Å². The Hall–Kier alpha value is -4.51. The minimum Gasteiger partial charge on any atom is -0.475 e. The number of carbonyl (C=O) groups is 1. The van der Waals surface area contributed by atoms with Crippen molar-refractivity contribution >= 4 is 27.6 Å². The number of benzene rings is 2. The van der Waals surface area contributed by atoms with E-state index in [-0.39, 0.29) is 46.8 Å². The first-order valence-electron chi connectivity index (χ1n) is 16.6. The van der Waals surface area contributed by atoms with E-state index < -0.39 is 16.1 Å². The number of nitrogens with one attached hydrogen (secondary N) is 1. The number of nitrogens with zero attached hydrogens (tertiary/aromatic N) is 5. The SMILES string of the molecule is Cc1cccc(C)c1-c1cc2nc(n1)NS(=O)(=O)c1cccc(c1)C(=O)N(Cc1cc(N3CCCCC3)ccn1)[C@H](CC(C)(C)C)CO2. The van der Waals surface area contributed by atoms with Crippen LogP contribution in [0.4, 0.5) is 11.6 Å². The molecule has 6 rings (SSSR count). The van der Waals surface area contributed by atoms with Gasteiger partial charge in [-0.15, -0.1) is 0 Å². The number of anilines is 2. The molecule has 252 valence electrons. The Balaban J connectivity index is 1.46. The Labute approximate surface area is 283 Å². The lowest BCUT2D eigenvalue weighted by Gasteiger charge is -2.36. The van der Waals surface area contributed by atoms with Crippen molar-refractivity contribution in [2.75, 3.05) is 29.3 Å². The molecule has 1 fully saturated rings. The van der Waals surface area contributed by atoms with Crippen molar-refractivity contribution in [1.29, 1.82) is 0 Å². The fourth-order valence-corrected chi connectivity index (χ4v) is 7.61. The van der Waals surface area contributed by atoms with Crippen molar-refractivity contribution in [3.63, 3.8) is 0 Å². The van der Waals surface area contributed by atoms with Crippen molar-refractivity contribution in [3.8, 4) is 17.1 Å². The van der Waals surface area contributed by atoms with Crippen molar-refractivity contribution < 1.29 is 17.9 Å². The molecular weight excluding hydrogens is 625 g/mol. The fraction of sp³-hybridized carbons (Fsp3) is 0.405. The molecular formula is C37H44N6O4S. The summed E-state index contributed by atoms with van der Waals surface area (Å²) in [5.74, 6) is -0.199. The summed E-state index contributed by atoms with van der Waals surface area (Å²) in [7, 11) is -4.16. The second kappa shape index (κ2) is 13.5. The maximum absolute atomic E-state index is 14.5. The monoisotopic (exact) mass is 668 g/mol. The summed E-state index contributed by atoms with van der Waals surface area (Å²) in [5, 5.41) is 0. The molecule has 11 heteroatoms. The Kier molecular flexibility index (Phi) is 9.42. The Morgan fingerprint density at radius 1 is 0.938 bits per heavy atom. The number of hydrogen-bond donors (Lipinski definition) is 1. The van der Waals surface area contributed by atoms with Gasteiger partial charge in [-0.2, -0.15) is 4.98 Å². The second-order valence-corrected chi connectivity index (χ2v) is 15.7. The zero-order chi connectivity index (χ0) is 34.1. The van der Waals surface area contributed by atoms with E-state index >= 15 is 0 Å². The normalized spacial score (nSPS) is 18.2. The molecule has 48 heavy (non-hydrogen) atoms. The highest BCUT2D eigenvalue weighted by Crippen LogP contribution is 2.32. The summed E-state index contributed by atoms with van der Waals surface area (Å²) >= 11 is 0. The molecule has 1 amide bonds. The second-order valence-electron chi connectivity index (χ2n) is 14.0. The quantitative estimate of drug-likeness (QED) is 0.247. The van der Waals surface area contributed by atoms with Gasteiger partial charge in [-0.3, -0.25) is 9.78 Å². The predicted octanol–water partition coefficient (Wildman–Crippen LogP) is 6.79. The molecule has 0 radical (unpaired) electrons.